The largest absolute Gasteiger partial charge is 0.484 e. The summed E-state index contributed by atoms with van der Waals surface area (Å²) in [6.07, 6.45) is 3.50. The van der Waals surface area contributed by atoms with Crippen LogP contribution in [0.1, 0.15) is 24.8 Å². The Kier molecular flexibility index (Phi) is 6.19. The summed E-state index contributed by atoms with van der Waals surface area (Å²) in [7, 11) is 0. The zero-order valence-corrected chi connectivity index (χ0v) is 16.9. The summed E-state index contributed by atoms with van der Waals surface area (Å²) < 4.78 is 17.2. The van der Waals surface area contributed by atoms with Crippen LogP contribution in [0.5, 0.6) is 5.75 Å². The molecule has 0 aromatic heterocycles. The molecule has 154 valence electrons. The van der Waals surface area contributed by atoms with Crippen molar-refractivity contribution in [1.29, 1.82) is 0 Å². The molecule has 0 saturated carbocycles. The number of hydrogen-bond acceptors (Lipinski definition) is 5. The summed E-state index contributed by atoms with van der Waals surface area (Å²) in [5.41, 5.74) is 1.44. The van der Waals surface area contributed by atoms with Gasteiger partial charge in [-0.2, -0.15) is 0 Å². The van der Waals surface area contributed by atoms with Crippen molar-refractivity contribution in [2.45, 2.75) is 32.3 Å². The lowest BCUT2D eigenvalue weighted by Gasteiger charge is -2.38. The molecule has 3 aliphatic rings. The minimum Gasteiger partial charge on any atom is -0.484 e. The zero-order valence-electron chi connectivity index (χ0n) is 16.9. The summed E-state index contributed by atoms with van der Waals surface area (Å²) in [6, 6.07) is 7.83. The van der Waals surface area contributed by atoms with Gasteiger partial charge in [0.15, 0.2) is 6.61 Å². The van der Waals surface area contributed by atoms with Crippen molar-refractivity contribution in [1.82, 2.24) is 9.80 Å². The average Bonchev–Trinajstić information content (AvgIpc) is 3.10. The Morgan fingerprint density at radius 3 is 2.57 bits per heavy atom. The van der Waals surface area contributed by atoms with Crippen LogP contribution in [0.4, 0.5) is 0 Å². The topological polar surface area (TPSA) is 51.2 Å². The van der Waals surface area contributed by atoms with Crippen LogP contribution < -0.4 is 4.74 Å². The van der Waals surface area contributed by atoms with E-state index in [1.165, 1.54) is 5.56 Å². The molecule has 28 heavy (non-hydrogen) atoms. The molecular weight excluding hydrogens is 356 g/mol. The number of hydrogen-bond donors (Lipinski definition) is 0. The number of rotatable bonds is 5. The molecule has 3 saturated heterocycles. The number of piperidine rings is 1. The molecule has 1 aromatic rings. The van der Waals surface area contributed by atoms with Gasteiger partial charge in [0.25, 0.3) is 5.91 Å². The van der Waals surface area contributed by atoms with Crippen LogP contribution in [0.3, 0.4) is 0 Å². The minimum atomic E-state index is 0.0826. The molecular formula is C22H32N2O4. The molecule has 1 atom stereocenters. The molecule has 1 aromatic carbocycles. The van der Waals surface area contributed by atoms with Crippen molar-refractivity contribution >= 4 is 5.91 Å². The van der Waals surface area contributed by atoms with E-state index in [-0.39, 0.29) is 17.9 Å². The van der Waals surface area contributed by atoms with Crippen molar-refractivity contribution in [3.63, 3.8) is 0 Å². The zero-order chi connectivity index (χ0) is 19.4. The van der Waals surface area contributed by atoms with Crippen molar-refractivity contribution in [2.24, 2.45) is 5.41 Å². The maximum absolute atomic E-state index is 12.5. The third kappa shape index (κ3) is 4.85. The second-order valence-electron chi connectivity index (χ2n) is 8.53. The van der Waals surface area contributed by atoms with E-state index >= 15 is 0 Å². The third-order valence-corrected chi connectivity index (χ3v) is 6.41. The predicted molar refractivity (Wildman–Crippen MR) is 107 cm³/mol. The summed E-state index contributed by atoms with van der Waals surface area (Å²) in [5.74, 6) is 0.835. The molecule has 1 unspecified atom stereocenters. The number of nitrogens with zero attached hydrogens (tertiary/aromatic N) is 2. The standard InChI is InChI=1S/C22H32N2O4/c1-18-2-4-19(5-3-18)27-16-21(25)24-8-6-22(7-9-24)14-20(28-17-22)15-23-10-12-26-13-11-23/h2-5,20H,6-17H2,1H3. The van der Waals surface area contributed by atoms with E-state index in [1.807, 2.05) is 36.1 Å². The third-order valence-electron chi connectivity index (χ3n) is 6.41. The molecule has 0 radical (unpaired) electrons. The second kappa shape index (κ2) is 8.80. The maximum Gasteiger partial charge on any atom is 0.260 e. The normalized spacial score (nSPS) is 25.2. The minimum absolute atomic E-state index is 0.0826. The molecule has 0 aliphatic carbocycles. The quantitative estimate of drug-likeness (QED) is 0.773. The lowest BCUT2D eigenvalue weighted by atomic mass is 9.76. The van der Waals surface area contributed by atoms with Crippen LogP contribution in [-0.2, 0) is 14.3 Å². The Bertz CT molecular complexity index is 649. The first-order chi connectivity index (χ1) is 13.6. The Morgan fingerprint density at radius 1 is 1.14 bits per heavy atom. The van der Waals surface area contributed by atoms with Crippen LogP contribution in [0, 0.1) is 12.3 Å². The Morgan fingerprint density at radius 2 is 1.86 bits per heavy atom. The Hall–Kier alpha value is -1.63. The smallest absolute Gasteiger partial charge is 0.260 e. The fraction of sp³-hybridized carbons (Fsp3) is 0.682. The summed E-state index contributed by atoms with van der Waals surface area (Å²) >= 11 is 0. The molecule has 4 rings (SSSR count). The van der Waals surface area contributed by atoms with Crippen LogP contribution in [-0.4, -0.2) is 81.0 Å². The lowest BCUT2D eigenvalue weighted by Crippen LogP contribution is -2.45. The molecule has 6 nitrogen and oxygen atoms in total. The van der Waals surface area contributed by atoms with Gasteiger partial charge in [0.2, 0.25) is 0 Å². The molecule has 0 N–H and O–H groups in total. The average molecular weight is 389 g/mol. The highest BCUT2D eigenvalue weighted by Crippen LogP contribution is 2.42. The van der Waals surface area contributed by atoms with Crippen molar-refractivity contribution in [3.8, 4) is 5.75 Å². The summed E-state index contributed by atoms with van der Waals surface area (Å²) in [4.78, 5) is 16.9. The summed E-state index contributed by atoms with van der Waals surface area (Å²) in [5, 5.41) is 0. The number of aryl methyl sites for hydroxylation is 1. The molecule has 1 amide bonds. The number of morpholine rings is 1. The van der Waals surface area contributed by atoms with E-state index in [1.54, 1.807) is 0 Å². The fourth-order valence-electron chi connectivity index (χ4n) is 4.53. The van der Waals surface area contributed by atoms with Crippen LogP contribution >= 0.6 is 0 Å². The molecule has 6 heteroatoms. The van der Waals surface area contributed by atoms with Gasteiger partial charge in [0.05, 0.1) is 25.9 Å². The molecule has 0 bridgehead atoms. The highest BCUT2D eigenvalue weighted by Gasteiger charge is 2.43. The molecule has 3 aliphatic heterocycles. The number of benzene rings is 1. The first-order valence-corrected chi connectivity index (χ1v) is 10.5. The van der Waals surface area contributed by atoms with Gasteiger partial charge >= 0.3 is 0 Å². The highest BCUT2D eigenvalue weighted by molar-refractivity contribution is 5.77. The van der Waals surface area contributed by atoms with Gasteiger partial charge in [-0.3, -0.25) is 9.69 Å². The van der Waals surface area contributed by atoms with Gasteiger partial charge in [-0.25, -0.2) is 0 Å². The van der Waals surface area contributed by atoms with E-state index in [0.29, 0.717) is 6.10 Å². The SMILES string of the molecule is Cc1ccc(OCC(=O)N2CCC3(CC2)COC(CN2CCOCC2)C3)cc1. The van der Waals surface area contributed by atoms with Crippen molar-refractivity contribution in [2.75, 3.05) is 59.2 Å². The van der Waals surface area contributed by atoms with Crippen LogP contribution in [0.15, 0.2) is 24.3 Å². The van der Waals surface area contributed by atoms with E-state index in [0.717, 1.165) is 77.6 Å². The van der Waals surface area contributed by atoms with E-state index in [9.17, 15) is 4.79 Å². The number of ether oxygens (including phenoxy) is 3. The van der Waals surface area contributed by atoms with Crippen molar-refractivity contribution in [3.05, 3.63) is 29.8 Å². The van der Waals surface area contributed by atoms with E-state index in [2.05, 4.69) is 4.90 Å². The Balaban J connectivity index is 1.20. The first-order valence-electron chi connectivity index (χ1n) is 10.5. The second-order valence-corrected chi connectivity index (χ2v) is 8.53. The van der Waals surface area contributed by atoms with Crippen LogP contribution in [0.2, 0.25) is 0 Å². The lowest BCUT2D eigenvalue weighted by molar-refractivity contribution is -0.135. The van der Waals surface area contributed by atoms with E-state index in [4.69, 9.17) is 14.2 Å². The van der Waals surface area contributed by atoms with Gasteiger partial charge in [-0.1, -0.05) is 17.7 Å². The molecule has 3 heterocycles. The number of amides is 1. The van der Waals surface area contributed by atoms with Gasteiger partial charge in [0.1, 0.15) is 5.75 Å². The number of likely N-dealkylation sites (tertiary alicyclic amines) is 1. The molecule has 3 fully saturated rings. The number of carbonyl (C=O) groups is 1. The first kappa shape index (κ1) is 19.7. The predicted octanol–water partition coefficient (Wildman–Crippen LogP) is 2.10. The van der Waals surface area contributed by atoms with Gasteiger partial charge in [0, 0.05) is 32.7 Å². The van der Waals surface area contributed by atoms with Crippen molar-refractivity contribution < 1.29 is 19.0 Å². The van der Waals surface area contributed by atoms with Gasteiger partial charge < -0.3 is 19.1 Å². The van der Waals surface area contributed by atoms with Gasteiger partial charge in [-0.15, -0.1) is 0 Å². The summed E-state index contributed by atoms with van der Waals surface area (Å²) in [6.45, 7) is 9.31. The van der Waals surface area contributed by atoms with Gasteiger partial charge in [-0.05, 0) is 43.7 Å². The van der Waals surface area contributed by atoms with E-state index < -0.39 is 0 Å². The highest BCUT2D eigenvalue weighted by atomic mass is 16.5. The Labute approximate surface area is 167 Å². The van der Waals surface area contributed by atoms with Crippen LogP contribution in [0.25, 0.3) is 0 Å². The molecule has 1 spiro atoms. The fourth-order valence-corrected chi connectivity index (χ4v) is 4.53. The number of carbonyl (C=O) groups excluding carboxylic acids is 1. The monoisotopic (exact) mass is 388 g/mol. The maximum atomic E-state index is 12.5.